The minimum atomic E-state index is -0.740. The van der Waals surface area contributed by atoms with Gasteiger partial charge in [0.1, 0.15) is 18.5 Å². The van der Waals surface area contributed by atoms with E-state index in [-0.39, 0.29) is 13.2 Å². The van der Waals surface area contributed by atoms with Crippen LogP contribution in [-0.2, 0) is 9.53 Å². The molecule has 0 aliphatic rings. The van der Waals surface area contributed by atoms with E-state index in [1.165, 1.54) is 11.6 Å². The quantitative estimate of drug-likeness (QED) is 0.284. The third-order valence-corrected chi connectivity index (χ3v) is 4.22. The highest BCUT2D eigenvalue weighted by Gasteiger charge is 2.23. The van der Waals surface area contributed by atoms with Gasteiger partial charge in [-0.25, -0.2) is 10.3 Å². The van der Waals surface area contributed by atoms with Crippen LogP contribution in [0.5, 0.6) is 5.75 Å². The van der Waals surface area contributed by atoms with E-state index < -0.39 is 24.0 Å². The normalized spacial score (nSPS) is 12.8. The van der Waals surface area contributed by atoms with Crippen molar-refractivity contribution in [2.24, 2.45) is 5.92 Å². The monoisotopic (exact) mass is 414 g/mol. The second-order valence-corrected chi connectivity index (χ2v) is 6.66. The Balaban J connectivity index is 2.21. The molecule has 2 rings (SSSR count). The van der Waals surface area contributed by atoms with Crippen molar-refractivity contribution in [3.05, 3.63) is 71.8 Å². The minimum absolute atomic E-state index is 0.126. The van der Waals surface area contributed by atoms with Crippen LogP contribution in [0.1, 0.15) is 24.2 Å². The molecule has 2 atom stereocenters. The third kappa shape index (κ3) is 7.23. The Labute approximate surface area is 175 Å². The Kier molecular flexibility index (Phi) is 8.86. The fourth-order valence-electron chi connectivity index (χ4n) is 2.70. The Morgan fingerprint density at radius 1 is 1.17 bits per heavy atom. The summed E-state index contributed by atoms with van der Waals surface area (Å²) in [7, 11) is 0. The van der Waals surface area contributed by atoms with Crippen LogP contribution >= 0.6 is 0 Å². The Morgan fingerprint density at radius 3 is 2.57 bits per heavy atom. The summed E-state index contributed by atoms with van der Waals surface area (Å²) in [5.74, 6) is -0.581. The van der Waals surface area contributed by atoms with Gasteiger partial charge in [0.2, 0.25) is 0 Å². The first-order valence-corrected chi connectivity index (χ1v) is 9.43. The molecule has 0 bridgehead atoms. The highest BCUT2D eigenvalue weighted by molar-refractivity contribution is 5.86. The molecule has 0 heterocycles. The molecule has 0 radical (unpaired) electrons. The molecule has 0 fully saturated rings. The van der Waals surface area contributed by atoms with Crippen molar-refractivity contribution in [2.45, 2.75) is 20.0 Å². The summed E-state index contributed by atoms with van der Waals surface area (Å²) in [6.07, 6.45) is 1.29. The van der Waals surface area contributed by atoms with Crippen LogP contribution in [0.25, 0.3) is 0 Å². The SMILES string of the molecule is Cc1ccc(NC(=O)O[C@@H](c2cccc(OCCO)c2)[C@H](C)/C=C/C(=O)NO)cc1. The number of aryl methyl sites for hydroxylation is 1. The summed E-state index contributed by atoms with van der Waals surface area (Å²) in [6, 6.07) is 14.2. The van der Waals surface area contributed by atoms with Gasteiger partial charge in [-0.1, -0.05) is 42.8 Å². The van der Waals surface area contributed by atoms with Gasteiger partial charge < -0.3 is 14.6 Å². The number of aliphatic hydroxyl groups excluding tert-OH is 1. The average Bonchev–Trinajstić information content (AvgIpc) is 2.75. The lowest BCUT2D eigenvalue weighted by atomic mass is 9.96. The van der Waals surface area contributed by atoms with Gasteiger partial charge in [0.05, 0.1) is 6.61 Å². The zero-order valence-electron chi connectivity index (χ0n) is 16.9. The molecule has 0 unspecified atom stereocenters. The van der Waals surface area contributed by atoms with Gasteiger partial charge in [0.15, 0.2) is 0 Å². The van der Waals surface area contributed by atoms with Gasteiger partial charge in [0, 0.05) is 17.7 Å². The molecule has 0 saturated heterocycles. The zero-order chi connectivity index (χ0) is 21.9. The number of nitrogens with one attached hydrogen (secondary N) is 2. The first-order chi connectivity index (χ1) is 14.4. The van der Waals surface area contributed by atoms with Crippen LogP contribution in [-0.4, -0.2) is 35.5 Å². The van der Waals surface area contributed by atoms with Crippen molar-refractivity contribution >= 4 is 17.7 Å². The van der Waals surface area contributed by atoms with Crippen LogP contribution in [0.2, 0.25) is 0 Å². The topological polar surface area (TPSA) is 117 Å². The highest BCUT2D eigenvalue weighted by Crippen LogP contribution is 2.30. The predicted octanol–water partition coefficient (Wildman–Crippen LogP) is 3.35. The van der Waals surface area contributed by atoms with Crippen LogP contribution < -0.4 is 15.5 Å². The van der Waals surface area contributed by atoms with E-state index >= 15 is 0 Å². The van der Waals surface area contributed by atoms with Crippen molar-refractivity contribution in [1.29, 1.82) is 0 Å². The number of ether oxygens (including phenoxy) is 2. The highest BCUT2D eigenvalue weighted by atomic mass is 16.6. The number of aliphatic hydroxyl groups is 1. The molecule has 8 heteroatoms. The largest absolute Gasteiger partial charge is 0.491 e. The average molecular weight is 414 g/mol. The minimum Gasteiger partial charge on any atom is -0.491 e. The lowest BCUT2D eigenvalue weighted by Crippen LogP contribution is -2.22. The lowest BCUT2D eigenvalue weighted by Gasteiger charge is -2.23. The maximum atomic E-state index is 12.5. The van der Waals surface area contributed by atoms with Crippen molar-refractivity contribution in [3.8, 4) is 5.75 Å². The van der Waals surface area contributed by atoms with Crippen molar-refractivity contribution in [2.75, 3.05) is 18.5 Å². The van der Waals surface area contributed by atoms with E-state index in [0.717, 1.165) is 11.6 Å². The maximum Gasteiger partial charge on any atom is 0.412 e. The van der Waals surface area contributed by atoms with E-state index in [4.69, 9.17) is 19.8 Å². The van der Waals surface area contributed by atoms with E-state index in [1.807, 2.05) is 19.1 Å². The lowest BCUT2D eigenvalue weighted by molar-refractivity contribution is -0.124. The number of amides is 2. The molecule has 0 aromatic heterocycles. The van der Waals surface area contributed by atoms with Gasteiger partial charge in [-0.2, -0.15) is 0 Å². The summed E-state index contributed by atoms with van der Waals surface area (Å²) in [5.41, 5.74) is 3.82. The van der Waals surface area contributed by atoms with Crippen LogP contribution in [0, 0.1) is 12.8 Å². The molecule has 160 valence electrons. The summed E-state index contributed by atoms with van der Waals surface area (Å²) >= 11 is 0. The molecule has 4 N–H and O–H groups in total. The number of hydrogen-bond acceptors (Lipinski definition) is 6. The van der Waals surface area contributed by atoms with E-state index in [2.05, 4.69) is 5.32 Å². The van der Waals surface area contributed by atoms with E-state index in [9.17, 15) is 9.59 Å². The molecule has 2 aromatic rings. The molecule has 0 saturated carbocycles. The van der Waals surface area contributed by atoms with Crippen molar-refractivity contribution in [3.63, 3.8) is 0 Å². The number of carbonyl (C=O) groups excluding carboxylic acids is 2. The first-order valence-electron chi connectivity index (χ1n) is 9.43. The van der Waals surface area contributed by atoms with Gasteiger partial charge in [-0.05, 0) is 36.8 Å². The number of rotatable bonds is 9. The van der Waals surface area contributed by atoms with E-state index in [1.54, 1.807) is 43.3 Å². The van der Waals surface area contributed by atoms with Crippen LogP contribution in [0.4, 0.5) is 10.5 Å². The number of hydrogen-bond donors (Lipinski definition) is 4. The Morgan fingerprint density at radius 2 is 1.90 bits per heavy atom. The van der Waals surface area contributed by atoms with Crippen molar-refractivity contribution < 1.29 is 29.4 Å². The van der Waals surface area contributed by atoms with E-state index in [0.29, 0.717) is 17.0 Å². The third-order valence-electron chi connectivity index (χ3n) is 4.22. The standard InChI is InChI=1S/C22H26N2O6/c1-15-6-9-18(10-7-15)23-22(27)30-21(16(2)8-11-20(26)24-28)17-4-3-5-19(14-17)29-13-12-25/h3-11,14,16,21,25,28H,12-13H2,1-2H3,(H,23,27)(H,24,26)/b11-8+/t16-,21-/m1/s1. The number of hydroxylamine groups is 1. The fourth-order valence-corrected chi connectivity index (χ4v) is 2.70. The molecular weight excluding hydrogens is 388 g/mol. The molecule has 0 aliphatic heterocycles. The molecule has 0 aliphatic carbocycles. The second kappa shape index (κ2) is 11.6. The number of carbonyl (C=O) groups is 2. The van der Waals surface area contributed by atoms with Gasteiger partial charge >= 0.3 is 6.09 Å². The summed E-state index contributed by atoms with van der Waals surface area (Å²) in [6.45, 7) is 3.72. The fraction of sp³-hybridized carbons (Fsp3) is 0.273. The van der Waals surface area contributed by atoms with Crippen LogP contribution in [0.15, 0.2) is 60.7 Å². The Bertz CT molecular complexity index is 866. The van der Waals surface area contributed by atoms with Crippen LogP contribution in [0.3, 0.4) is 0 Å². The summed E-state index contributed by atoms with van der Waals surface area (Å²) < 4.78 is 11.1. The van der Waals surface area contributed by atoms with Crippen molar-refractivity contribution in [1.82, 2.24) is 5.48 Å². The molecule has 8 nitrogen and oxygen atoms in total. The molecule has 2 amide bonds. The summed E-state index contributed by atoms with van der Waals surface area (Å²) in [5, 5.41) is 20.3. The summed E-state index contributed by atoms with van der Waals surface area (Å²) in [4.78, 5) is 23.8. The van der Waals surface area contributed by atoms with Gasteiger partial charge in [-0.3, -0.25) is 15.3 Å². The van der Waals surface area contributed by atoms with Gasteiger partial charge in [-0.15, -0.1) is 0 Å². The zero-order valence-corrected chi connectivity index (χ0v) is 16.9. The number of benzene rings is 2. The molecular formula is C22H26N2O6. The maximum absolute atomic E-state index is 12.5. The smallest absolute Gasteiger partial charge is 0.412 e. The number of anilines is 1. The van der Waals surface area contributed by atoms with Gasteiger partial charge in [0.25, 0.3) is 5.91 Å². The Hall–Kier alpha value is -3.36. The molecule has 30 heavy (non-hydrogen) atoms. The first kappa shape index (κ1) is 22.9. The second-order valence-electron chi connectivity index (χ2n) is 6.66. The molecule has 0 spiro atoms. The molecule has 2 aromatic carbocycles. The predicted molar refractivity (Wildman–Crippen MR) is 111 cm³/mol.